The van der Waals surface area contributed by atoms with E-state index >= 15 is 0 Å². The summed E-state index contributed by atoms with van der Waals surface area (Å²) in [6.07, 6.45) is 0.0291. The Morgan fingerprint density at radius 1 is 1.56 bits per heavy atom. The highest BCUT2D eigenvalue weighted by atomic mass is 35.5. The first-order valence-electron chi connectivity index (χ1n) is 5.14. The molecule has 2 heterocycles. The monoisotopic (exact) mass is 263 g/mol. The third-order valence-corrected chi connectivity index (χ3v) is 3.41. The lowest BCUT2D eigenvalue weighted by Gasteiger charge is -2.35. The Morgan fingerprint density at radius 3 is 3.00 bits per heavy atom. The van der Waals surface area contributed by atoms with Gasteiger partial charge in [0.05, 0.1) is 25.4 Å². The van der Waals surface area contributed by atoms with Gasteiger partial charge in [-0.15, -0.1) is 10.2 Å². The van der Waals surface area contributed by atoms with Crippen LogP contribution in [0.15, 0.2) is 0 Å². The fourth-order valence-corrected chi connectivity index (χ4v) is 2.77. The second kappa shape index (κ2) is 5.37. The van der Waals surface area contributed by atoms with Crippen LogP contribution in [-0.4, -0.2) is 52.1 Å². The summed E-state index contributed by atoms with van der Waals surface area (Å²) in [7, 11) is 0. The van der Waals surface area contributed by atoms with Gasteiger partial charge in [-0.1, -0.05) is 11.3 Å². The number of ether oxygens (including phenoxy) is 1. The highest BCUT2D eigenvalue weighted by Gasteiger charge is 2.25. The van der Waals surface area contributed by atoms with E-state index in [2.05, 4.69) is 15.1 Å². The molecule has 0 radical (unpaired) electrons. The molecule has 0 aliphatic carbocycles. The number of hydrogen-bond donors (Lipinski definition) is 1. The van der Waals surface area contributed by atoms with E-state index in [0.717, 1.165) is 18.1 Å². The largest absolute Gasteiger partial charge is 0.394 e. The molecule has 1 aromatic heterocycles. The van der Waals surface area contributed by atoms with Gasteiger partial charge in [-0.3, -0.25) is 4.90 Å². The van der Waals surface area contributed by atoms with Crippen LogP contribution in [0.3, 0.4) is 0 Å². The molecular formula is C9H14ClN3O2S. The van der Waals surface area contributed by atoms with Gasteiger partial charge in [0, 0.05) is 13.1 Å². The fraction of sp³-hybridized carbons (Fsp3) is 0.778. The molecular weight excluding hydrogens is 250 g/mol. The molecule has 90 valence electrons. The molecule has 1 aliphatic heterocycles. The topological polar surface area (TPSA) is 58.5 Å². The summed E-state index contributed by atoms with van der Waals surface area (Å²) >= 11 is 7.11. The van der Waals surface area contributed by atoms with Gasteiger partial charge in [-0.2, -0.15) is 0 Å². The summed E-state index contributed by atoms with van der Waals surface area (Å²) in [6, 6.07) is 0. The predicted molar refractivity (Wildman–Crippen MR) is 61.6 cm³/mol. The van der Waals surface area contributed by atoms with E-state index in [1.54, 1.807) is 0 Å². The van der Waals surface area contributed by atoms with Crippen LogP contribution in [0.25, 0.3) is 0 Å². The zero-order valence-corrected chi connectivity index (χ0v) is 10.5. The third-order valence-electron chi connectivity index (χ3n) is 2.41. The average Bonchev–Trinajstić information content (AvgIpc) is 2.63. The van der Waals surface area contributed by atoms with Crippen molar-refractivity contribution in [3.05, 3.63) is 9.47 Å². The Hall–Kier alpha value is -0.270. The van der Waals surface area contributed by atoms with E-state index in [9.17, 15) is 0 Å². The van der Waals surface area contributed by atoms with Gasteiger partial charge >= 0.3 is 0 Å². The minimum Gasteiger partial charge on any atom is -0.394 e. The van der Waals surface area contributed by atoms with E-state index in [-0.39, 0.29) is 18.8 Å². The maximum Gasteiger partial charge on any atom is 0.207 e. The van der Waals surface area contributed by atoms with Crippen molar-refractivity contribution in [1.82, 2.24) is 15.1 Å². The van der Waals surface area contributed by atoms with E-state index in [4.69, 9.17) is 21.4 Å². The van der Waals surface area contributed by atoms with Gasteiger partial charge in [0.25, 0.3) is 0 Å². The smallest absolute Gasteiger partial charge is 0.207 e. The SMILES string of the molecule is CC1CN(Cc2nnc(Cl)s2)CC(CO)O1. The van der Waals surface area contributed by atoms with Crippen LogP contribution in [0, 0.1) is 0 Å². The van der Waals surface area contributed by atoms with Crippen molar-refractivity contribution in [2.75, 3.05) is 19.7 Å². The molecule has 1 N–H and O–H groups in total. The molecule has 1 fully saturated rings. The first kappa shape index (κ1) is 12.2. The van der Waals surface area contributed by atoms with Crippen LogP contribution in [-0.2, 0) is 11.3 Å². The maximum atomic E-state index is 9.10. The first-order chi connectivity index (χ1) is 7.67. The van der Waals surface area contributed by atoms with Crippen molar-refractivity contribution in [2.45, 2.75) is 25.7 Å². The van der Waals surface area contributed by atoms with E-state index in [1.165, 1.54) is 11.3 Å². The average molecular weight is 264 g/mol. The number of hydrogen-bond acceptors (Lipinski definition) is 6. The molecule has 16 heavy (non-hydrogen) atoms. The van der Waals surface area contributed by atoms with Gasteiger partial charge in [0.15, 0.2) is 0 Å². The minimum absolute atomic E-state index is 0.0533. The van der Waals surface area contributed by atoms with Crippen LogP contribution in [0.5, 0.6) is 0 Å². The highest BCUT2D eigenvalue weighted by Crippen LogP contribution is 2.19. The standard InChI is InChI=1S/C9H14ClN3O2S/c1-6-2-13(3-7(5-14)15-6)4-8-11-12-9(10)16-8/h6-7,14H,2-5H2,1H3. The Balaban J connectivity index is 1.93. The summed E-state index contributed by atoms with van der Waals surface area (Å²) in [5.74, 6) is 0. The maximum absolute atomic E-state index is 9.10. The fourth-order valence-electron chi connectivity index (χ4n) is 1.86. The van der Waals surface area contributed by atoms with Crippen molar-refractivity contribution in [3.63, 3.8) is 0 Å². The van der Waals surface area contributed by atoms with Gasteiger partial charge < -0.3 is 9.84 Å². The summed E-state index contributed by atoms with van der Waals surface area (Å²) in [5.41, 5.74) is 0. The Kier molecular flexibility index (Phi) is 4.10. The number of aliphatic hydroxyl groups is 1. The molecule has 1 aliphatic rings. The molecule has 5 nitrogen and oxygen atoms in total. The second-order valence-corrected chi connectivity index (χ2v) is 5.54. The lowest BCUT2D eigenvalue weighted by molar-refractivity contribution is -0.0972. The highest BCUT2D eigenvalue weighted by molar-refractivity contribution is 7.15. The van der Waals surface area contributed by atoms with E-state index in [0.29, 0.717) is 11.0 Å². The number of halogens is 1. The predicted octanol–water partition coefficient (Wildman–Crippen LogP) is 0.773. The summed E-state index contributed by atoms with van der Waals surface area (Å²) in [5, 5.41) is 17.7. The molecule has 2 unspecified atom stereocenters. The normalized spacial score (nSPS) is 27.2. The molecule has 1 aromatic rings. The van der Waals surface area contributed by atoms with Crippen LogP contribution >= 0.6 is 22.9 Å². The van der Waals surface area contributed by atoms with Gasteiger partial charge in [0.2, 0.25) is 4.47 Å². The Morgan fingerprint density at radius 2 is 2.38 bits per heavy atom. The molecule has 0 amide bonds. The van der Waals surface area contributed by atoms with Crippen molar-refractivity contribution < 1.29 is 9.84 Å². The third kappa shape index (κ3) is 3.11. The molecule has 1 saturated heterocycles. The molecule has 0 saturated carbocycles. The Bertz CT molecular complexity index is 349. The van der Waals surface area contributed by atoms with Gasteiger partial charge in [0.1, 0.15) is 5.01 Å². The lowest BCUT2D eigenvalue weighted by Crippen LogP contribution is -2.47. The summed E-state index contributed by atoms with van der Waals surface area (Å²) in [6.45, 7) is 4.33. The minimum atomic E-state index is -0.104. The van der Waals surface area contributed by atoms with Crippen molar-refractivity contribution >= 4 is 22.9 Å². The zero-order chi connectivity index (χ0) is 11.5. The summed E-state index contributed by atoms with van der Waals surface area (Å²) in [4.78, 5) is 2.20. The Labute approximate surface area is 103 Å². The van der Waals surface area contributed by atoms with E-state index in [1.807, 2.05) is 6.92 Å². The van der Waals surface area contributed by atoms with Crippen LogP contribution in [0.4, 0.5) is 0 Å². The molecule has 0 spiro atoms. The second-order valence-electron chi connectivity index (χ2n) is 3.89. The molecule has 7 heteroatoms. The lowest BCUT2D eigenvalue weighted by atomic mass is 10.2. The van der Waals surface area contributed by atoms with Crippen molar-refractivity contribution in [3.8, 4) is 0 Å². The van der Waals surface area contributed by atoms with Crippen molar-refractivity contribution in [2.24, 2.45) is 0 Å². The number of nitrogens with zero attached hydrogens (tertiary/aromatic N) is 3. The molecule has 2 rings (SSSR count). The molecule has 0 aromatic carbocycles. The number of aromatic nitrogens is 2. The summed E-state index contributed by atoms with van der Waals surface area (Å²) < 4.78 is 6.03. The van der Waals surface area contributed by atoms with Crippen LogP contribution in [0.1, 0.15) is 11.9 Å². The molecule has 0 bridgehead atoms. The van der Waals surface area contributed by atoms with Gasteiger partial charge in [-0.05, 0) is 18.5 Å². The van der Waals surface area contributed by atoms with E-state index < -0.39 is 0 Å². The quantitative estimate of drug-likeness (QED) is 0.873. The van der Waals surface area contributed by atoms with Crippen LogP contribution < -0.4 is 0 Å². The van der Waals surface area contributed by atoms with Crippen molar-refractivity contribution in [1.29, 1.82) is 0 Å². The van der Waals surface area contributed by atoms with Gasteiger partial charge in [-0.25, -0.2) is 0 Å². The zero-order valence-electron chi connectivity index (χ0n) is 8.97. The first-order valence-corrected chi connectivity index (χ1v) is 6.33. The number of morpholine rings is 1. The van der Waals surface area contributed by atoms with Crippen LogP contribution in [0.2, 0.25) is 4.47 Å². The number of aliphatic hydroxyl groups excluding tert-OH is 1. The number of rotatable bonds is 3. The molecule has 2 atom stereocenters.